The minimum Gasteiger partial charge on any atom is -0.462 e. The first-order chi connectivity index (χ1) is 30.3. The zero-order valence-electron chi connectivity index (χ0n) is 41.6. The van der Waals surface area contributed by atoms with Crippen LogP contribution in [0.15, 0.2) is 0 Å². The largest absolute Gasteiger partial charge is 0.472 e. The van der Waals surface area contributed by atoms with Crippen LogP contribution in [0.4, 0.5) is 0 Å². The maximum Gasteiger partial charge on any atom is 0.472 e. The molecular formula is C53H105O8P. The molecular weight excluding hydrogens is 796 g/mol. The Morgan fingerprint density at radius 1 is 0.387 bits per heavy atom. The van der Waals surface area contributed by atoms with Gasteiger partial charge in [0.25, 0.3) is 0 Å². The number of esters is 2. The molecule has 0 heterocycles. The zero-order chi connectivity index (χ0) is 45.3. The molecule has 0 fully saturated rings. The van der Waals surface area contributed by atoms with Gasteiger partial charge in [-0.1, -0.05) is 277 Å². The summed E-state index contributed by atoms with van der Waals surface area (Å²) < 4.78 is 32.2. The number of unbranched alkanes of at least 4 members (excludes halogenated alkanes) is 41. The highest BCUT2D eigenvalue weighted by Gasteiger charge is 2.24. The molecule has 0 amide bonds. The van der Waals surface area contributed by atoms with Crippen molar-refractivity contribution < 1.29 is 37.6 Å². The summed E-state index contributed by atoms with van der Waals surface area (Å²) >= 11 is 0. The van der Waals surface area contributed by atoms with Gasteiger partial charge in [0.05, 0.1) is 6.61 Å². The van der Waals surface area contributed by atoms with Crippen molar-refractivity contribution in [2.24, 2.45) is 0 Å². The number of phosphoric acid groups is 1. The van der Waals surface area contributed by atoms with Gasteiger partial charge in [0.1, 0.15) is 6.61 Å². The summed E-state index contributed by atoms with van der Waals surface area (Å²) in [5.74, 6) is -0.778. The maximum absolute atomic E-state index is 12.6. The normalized spacial score (nSPS) is 13.0. The molecule has 370 valence electrons. The summed E-state index contributed by atoms with van der Waals surface area (Å²) in [6, 6.07) is 0. The SMILES string of the molecule is CCCCCCCCCCCCCCCCCCCCCCCCCCC(=O)OC(COC(=O)CCCCCCCCCCCCCCCCCCCCC)COP(=O)(O)OC. The van der Waals surface area contributed by atoms with Crippen LogP contribution < -0.4 is 0 Å². The topological polar surface area (TPSA) is 108 Å². The summed E-state index contributed by atoms with van der Waals surface area (Å²) in [6.45, 7) is 3.96. The van der Waals surface area contributed by atoms with E-state index in [1.165, 1.54) is 238 Å². The average molecular weight is 901 g/mol. The van der Waals surface area contributed by atoms with Crippen molar-refractivity contribution in [2.45, 2.75) is 309 Å². The Labute approximate surface area is 385 Å². The van der Waals surface area contributed by atoms with Crippen LogP contribution in [-0.4, -0.2) is 43.3 Å². The molecule has 8 nitrogen and oxygen atoms in total. The lowest BCUT2D eigenvalue weighted by molar-refractivity contribution is -0.161. The molecule has 1 N–H and O–H groups in total. The van der Waals surface area contributed by atoms with Crippen LogP contribution in [0.1, 0.15) is 303 Å². The lowest BCUT2D eigenvalue weighted by Crippen LogP contribution is -2.29. The molecule has 0 rings (SSSR count). The minimum absolute atomic E-state index is 0.215. The highest BCUT2D eigenvalue weighted by Crippen LogP contribution is 2.42. The molecule has 0 aliphatic rings. The molecule has 2 atom stereocenters. The van der Waals surface area contributed by atoms with Gasteiger partial charge in [0.15, 0.2) is 6.10 Å². The van der Waals surface area contributed by atoms with Crippen molar-refractivity contribution in [2.75, 3.05) is 20.3 Å². The van der Waals surface area contributed by atoms with Crippen molar-refractivity contribution in [3.8, 4) is 0 Å². The molecule has 9 heteroatoms. The molecule has 2 unspecified atom stereocenters. The summed E-state index contributed by atoms with van der Waals surface area (Å²) in [7, 11) is -3.19. The second-order valence-corrected chi connectivity index (χ2v) is 20.3. The molecule has 0 bridgehead atoms. The fraction of sp³-hybridized carbons (Fsp3) is 0.962. The van der Waals surface area contributed by atoms with Crippen LogP contribution in [0.5, 0.6) is 0 Å². The van der Waals surface area contributed by atoms with E-state index in [0.29, 0.717) is 6.42 Å². The predicted molar refractivity (Wildman–Crippen MR) is 263 cm³/mol. The molecule has 0 aliphatic carbocycles. The van der Waals surface area contributed by atoms with E-state index in [2.05, 4.69) is 18.4 Å². The quantitative estimate of drug-likeness (QED) is 0.0365. The Kier molecular flexibility index (Phi) is 48.7. The van der Waals surface area contributed by atoms with Crippen LogP contribution in [-0.2, 0) is 32.7 Å². The number of carbonyl (C=O) groups excluding carboxylic acids is 2. The maximum atomic E-state index is 12.6. The Morgan fingerprint density at radius 2 is 0.629 bits per heavy atom. The monoisotopic (exact) mass is 901 g/mol. The van der Waals surface area contributed by atoms with Gasteiger partial charge in [0, 0.05) is 20.0 Å². The van der Waals surface area contributed by atoms with E-state index in [0.717, 1.165) is 45.6 Å². The van der Waals surface area contributed by atoms with Crippen molar-refractivity contribution in [1.82, 2.24) is 0 Å². The average Bonchev–Trinajstić information content (AvgIpc) is 3.26. The van der Waals surface area contributed by atoms with E-state index in [9.17, 15) is 19.0 Å². The van der Waals surface area contributed by atoms with E-state index in [1.807, 2.05) is 0 Å². The number of ether oxygens (including phenoxy) is 2. The standard InChI is InChI=1S/C53H105O8P/c1-4-6-8-10-12-14-16-18-20-22-24-25-26-27-28-30-32-34-36-38-40-42-44-46-48-53(55)61-51(50-60-62(56,57)58-3)49-59-52(54)47-45-43-41-39-37-35-33-31-29-23-21-19-17-15-13-11-9-7-5-2/h51H,4-50H2,1-3H3,(H,56,57). The second kappa shape index (κ2) is 49.5. The molecule has 0 saturated carbocycles. The zero-order valence-corrected chi connectivity index (χ0v) is 42.5. The van der Waals surface area contributed by atoms with Crippen LogP contribution in [0.3, 0.4) is 0 Å². The number of hydrogen-bond donors (Lipinski definition) is 1. The van der Waals surface area contributed by atoms with Crippen molar-refractivity contribution >= 4 is 19.8 Å². The third kappa shape index (κ3) is 48.5. The fourth-order valence-electron chi connectivity index (χ4n) is 8.43. The van der Waals surface area contributed by atoms with E-state index in [-0.39, 0.29) is 25.6 Å². The number of carbonyl (C=O) groups is 2. The van der Waals surface area contributed by atoms with E-state index < -0.39 is 19.9 Å². The Hall–Kier alpha value is -0.950. The van der Waals surface area contributed by atoms with Gasteiger partial charge in [0.2, 0.25) is 0 Å². The first-order valence-electron chi connectivity index (χ1n) is 27.2. The smallest absolute Gasteiger partial charge is 0.462 e. The fourth-order valence-corrected chi connectivity index (χ4v) is 8.89. The van der Waals surface area contributed by atoms with Crippen LogP contribution in [0.2, 0.25) is 0 Å². The van der Waals surface area contributed by atoms with E-state index >= 15 is 0 Å². The van der Waals surface area contributed by atoms with E-state index in [4.69, 9.17) is 14.0 Å². The van der Waals surface area contributed by atoms with Gasteiger partial charge in [-0.05, 0) is 12.8 Å². The Morgan fingerprint density at radius 3 is 0.887 bits per heavy atom. The van der Waals surface area contributed by atoms with Crippen LogP contribution in [0, 0.1) is 0 Å². The third-order valence-electron chi connectivity index (χ3n) is 12.6. The van der Waals surface area contributed by atoms with Crippen molar-refractivity contribution in [3.63, 3.8) is 0 Å². The molecule has 0 spiro atoms. The molecule has 0 aromatic carbocycles. The first kappa shape index (κ1) is 61.0. The second-order valence-electron chi connectivity index (χ2n) is 18.7. The van der Waals surface area contributed by atoms with E-state index in [1.54, 1.807) is 0 Å². The Bertz CT molecular complexity index is 977. The van der Waals surface area contributed by atoms with Crippen LogP contribution in [0.25, 0.3) is 0 Å². The van der Waals surface area contributed by atoms with Gasteiger partial charge in [-0.2, -0.15) is 0 Å². The summed E-state index contributed by atoms with van der Waals surface area (Å²) in [6.07, 6.45) is 56.1. The number of phosphoric ester groups is 1. The highest BCUT2D eigenvalue weighted by atomic mass is 31.2. The summed E-state index contributed by atoms with van der Waals surface area (Å²) in [5, 5.41) is 0. The number of hydrogen-bond acceptors (Lipinski definition) is 7. The van der Waals surface area contributed by atoms with Gasteiger partial charge in [-0.25, -0.2) is 4.57 Å². The summed E-state index contributed by atoms with van der Waals surface area (Å²) in [4.78, 5) is 34.7. The van der Waals surface area contributed by atoms with Gasteiger partial charge < -0.3 is 14.4 Å². The van der Waals surface area contributed by atoms with Gasteiger partial charge >= 0.3 is 19.8 Å². The molecule has 0 saturated heterocycles. The van der Waals surface area contributed by atoms with Crippen molar-refractivity contribution in [1.29, 1.82) is 0 Å². The third-order valence-corrected chi connectivity index (χ3v) is 13.5. The molecule has 62 heavy (non-hydrogen) atoms. The first-order valence-corrected chi connectivity index (χ1v) is 28.7. The predicted octanol–water partition coefficient (Wildman–Crippen LogP) is 17.8. The van der Waals surface area contributed by atoms with Crippen molar-refractivity contribution in [3.05, 3.63) is 0 Å². The summed E-state index contributed by atoms with van der Waals surface area (Å²) in [5.41, 5.74) is 0. The minimum atomic E-state index is -4.26. The molecule has 0 aromatic heterocycles. The Balaban J connectivity index is 3.80. The molecule has 0 aromatic rings. The van der Waals surface area contributed by atoms with Gasteiger partial charge in [-0.15, -0.1) is 0 Å². The molecule has 0 radical (unpaired) electrons. The lowest BCUT2D eigenvalue weighted by Gasteiger charge is -2.19. The highest BCUT2D eigenvalue weighted by molar-refractivity contribution is 7.47. The van der Waals surface area contributed by atoms with Crippen LogP contribution >= 0.6 is 7.82 Å². The van der Waals surface area contributed by atoms with Gasteiger partial charge in [-0.3, -0.25) is 18.6 Å². The molecule has 0 aliphatic heterocycles. The lowest BCUT2D eigenvalue weighted by atomic mass is 10.0. The number of rotatable bonds is 52.